The average Bonchev–Trinajstić information content (AvgIpc) is 3.32. The molecule has 3 aromatic rings. The third-order valence-electron chi connectivity index (χ3n) is 5.02. The van der Waals surface area contributed by atoms with Crippen molar-refractivity contribution < 1.29 is 9.53 Å². The van der Waals surface area contributed by atoms with Crippen LogP contribution < -0.4 is 5.32 Å². The minimum atomic E-state index is -0.475. The van der Waals surface area contributed by atoms with E-state index >= 15 is 0 Å². The number of fused-ring (bicyclic) bond motifs is 3. The summed E-state index contributed by atoms with van der Waals surface area (Å²) in [6.07, 6.45) is 0.223. The zero-order valence-electron chi connectivity index (χ0n) is 15.9. The molecule has 0 bridgehead atoms. The van der Waals surface area contributed by atoms with Crippen LogP contribution in [0.1, 0.15) is 49.2 Å². The number of carbonyl (C=O) groups excluding carboxylic acids is 1. The first-order chi connectivity index (χ1) is 13.6. The summed E-state index contributed by atoms with van der Waals surface area (Å²) in [6.45, 7) is 4.43. The molecule has 0 fully saturated rings. The van der Waals surface area contributed by atoms with Gasteiger partial charge in [-0.2, -0.15) is 5.21 Å². The molecule has 1 aromatic heterocycles. The predicted molar refractivity (Wildman–Crippen MR) is 105 cm³/mol. The van der Waals surface area contributed by atoms with E-state index in [4.69, 9.17) is 4.74 Å². The van der Waals surface area contributed by atoms with E-state index in [9.17, 15) is 4.79 Å². The SMILES string of the molecule is CC(C)CC(NC(=O)OCC1c2ccccc2-c2ccccc21)c1nn[nH]n1. The molecule has 2 N–H and O–H groups in total. The van der Waals surface area contributed by atoms with Crippen LogP contribution in [0.5, 0.6) is 0 Å². The van der Waals surface area contributed by atoms with Crippen molar-refractivity contribution in [3.8, 4) is 11.1 Å². The number of aromatic nitrogens is 4. The van der Waals surface area contributed by atoms with Gasteiger partial charge < -0.3 is 10.1 Å². The number of H-pyrrole nitrogens is 1. The normalized spacial score (nSPS) is 13.8. The number of alkyl carbamates (subject to hydrolysis) is 1. The summed E-state index contributed by atoms with van der Waals surface area (Å²) in [5, 5.41) is 16.9. The molecule has 0 aliphatic heterocycles. The third kappa shape index (κ3) is 3.60. The first-order valence-corrected chi connectivity index (χ1v) is 9.48. The lowest BCUT2D eigenvalue weighted by atomic mass is 9.98. The van der Waals surface area contributed by atoms with E-state index < -0.39 is 6.09 Å². The number of hydrogen-bond donors (Lipinski definition) is 2. The van der Waals surface area contributed by atoms with E-state index in [1.807, 2.05) is 24.3 Å². The minimum absolute atomic E-state index is 0.0341. The summed E-state index contributed by atoms with van der Waals surface area (Å²) in [5.41, 5.74) is 4.79. The number of aromatic amines is 1. The highest BCUT2D eigenvalue weighted by atomic mass is 16.5. The summed E-state index contributed by atoms with van der Waals surface area (Å²) in [4.78, 5) is 12.5. The van der Waals surface area contributed by atoms with Crippen LogP contribution in [-0.4, -0.2) is 33.3 Å². The van der Waals surface area contributed by atoms with Gasteiger partial charge in [-0.3, -0.25) is 0 Å². The zero-order valence-corrected chi connectivity index (χ0v) is 15.9. The minimum Gasteiger partial charge on any atom is -0.449 e. The number of ether oxygens (including phenoxy) is 1. The molecule has 2 aromatic carbocycles. The van der Waals surface area contributed by atoms with Crippen LogP contribution in [0.4, 0.5) is 4.79 Å². The maximum absolute atomic E-state index is 12.5. The van der Waals surface area contributed by atoms with Crippen molar-refractivity contribution in [2.24, 2.45) is 5.92 Å². The maximum Gasteiger partial charge on any atom is 0.407 e. The first kappa shape index (κ1) is 18.2. The number of hydrogen-bond acceptors (Lipinski definition) is 5. The lowest BCUT2D eigenvalue weighted by molar-refractivity contribution is 0.137. The van der Waals surface area contributed by atoms with Crippen molar-refractivity contribution in [3.05, 3.63) is 65.5 Å². The molecule has 1 heterocycles. The van der Waals surface area contributed by atoms with Gasteiger partial charge in [-0.1, -0.05) is 67.6 Å². The lowest BCUT2D eigenvalue weighted by Gasteiger charge is -2.19. The number of benzene rings is 2. The van der Waals surface area contributed by atoms with Crippen LogP contribution >= 0.6 is 0 Å². The number of carbonyl (C=O) groups is 1. The molecule has 7 heteroatoms. The largest absolute Gasteiger partial charge is 0.449 e. The summed E-state index contributed by atoms with van der Waals surface area (Å²) in [7, 11) is 0. The molecule has 1 aliphatic carbocycles. The van der Waals surface area contributed by atoms with Crippen LogP contribution in [-0.2, 0) is 4.74 Å². The standard InChI is InChI=1S/C21H23N5O2/c1-13(2)11-19(20-23-25-26-24-20)22-21(27)28-12-18-16-9-5-3-7-14(16)15-8-4-6-10-17(15)18/h3-10,13,18-19H,11-12H2,1-2H3,(H,22,27)(H,23,24,25,26). The number of nitrogens with one attached hydrogen (secondary N) is 2. The molecule has 1 atom stereocenters. The highest BCUT2D eigenvalue weighted by Crippen LogP contribution is 2.44. The van der Waals surface area contributed by atoms with Crippen LogP contribution in [0.15, 0.2) is 48.5 Å². The highest BCUT2D eigenvalue weighted by Gasteiger charge is 2.29. The number of nitrogens with zero attached hydrogens (tertiary/aromatic N) is 3. The smallest absolute Gasteiger partial charge is 0.407 e. The Kier molecular flexibility index (Phi) is 5.06. The molecule has 0 radical (unpaired) electrons. The van der Waals surface area contributed by atoms with Crippen LogP contribution in [0.2, 0.25) is 0 Å². The van der Waals surface area contributed by atoms with Gasteiger partial charge in [0.25, 0.3) is 0 Å². The fourth-order valence-electron chi connectivity index (χ4n) is 3.80. The molecule has 4 rings (SSSR count). The number of tetrazole rings is 1. The first-order valence-electron chi connectivity index (χ1n) is 9.48. The second-order valence-corrected chi connectivity index (χ2v) is 7.42. The van der Waals surface area contributed by atoms with Gasteiger partial charge in [0.1, 0.15) is 6.61 Å². The van der Waals surface area contributed by atoms with E-state index in [1.165, 1.54) is 22.3 Å². The van der Waals surface area contributed by atoms with Crippen LogP contribution in [0, 0.1) is 5.92 Å². The number of amides is 1. The zero-order chi connectivity index (χ0) is 19.5. The van der Waals surface area contributed by atoms with E-state index in [-0.39, 0.29) is 18.6 Å². The second-order valence-electron chi connectivity index (χ2n) is 7.42. The average molecular weight is 377 g/mol. The van der Waals surface area contributed by atoms with E-state index in [0.29, 0.717) is 18.2 Å². The van der Waals surface area contributed by atoms with Crippen molar-refractivity contribution in [1.82, 2.24) is 25.9 Å². The summed E-state index contributed by atoms with van der Waals surface area (Å²) >= 11 is 0. The van der Waals surface area contributed by atoms with Gasteiger partial charge >= 0.3 is 6.09 Å². The Labute approximate surface area is 163 Å². The molecule has 0 saturated carbocycles. The highest BCUT2D eigenvalue weighted by molar-refractivity contribution is 5.79. The topological polar surface area (TPSA) is 92.8 Å². The summed E-state index contributed by atoms with van der Waals surface area (Å²) in [6, 6.07) is 16.2. The molecule has 7 nitrogen and oxygen atoms in total. The molecular formula is C21H23N5O2. The van der Waals surface area contributed by atoms with Crippen molar-refractivity contribution in [2.45, 2.75) is 32.2 Å². The van der Waals surface area contributed by atoms with Gasteiger partial charge in [-0.25, -0.2) is 4.79 Å². The van der Waals surface area contributed by atoms with E-state index in [2.05, 4.69) is 64.1 Å². The third-order valence-corrected chi connectivity index (χ3v) is 5.02. The number of rotatable bonds is 6. The monoisotopic (exact) mass is 377 g/mol. The quantitative estimate of drug-likeness (QED) is 0.681. The van der Waals surface area contributed by atoms with Crippen LogP contribution in [0.3, 0.4) is 0 Å². The Morgan fingerprint density at radius 1 is 1.11 bits per heavy atom. The molecule has 144 valence electrons. The van der Waals surface area contributed by atoms with Crippen LogP contribution in [0.25, 0.3) is 11.1 Å². The fourth-order valence-corrected chi connectivity index (χ4v) is 3.80. The molecule has 0 spiro atoms. The molecule has 1 amide bonds. The molecule has 28 heavy (non-hydrogen) atoms. The predicted octanol–water partition coefficient (Wildman–Crippen LogP) is 3.83. The van der Waals surface area contributed by atoms with Gasteiger partial charge in [-0.15, -0.1) is 10.2 Å². The maximum atomic E-state index is 12.5. The van der Waals surface area contributed by atoms with Gasteiger partial charge in [0.2, 0.25) is 0 Å². The molecular weight excluding hydrogens is 354 g/mol. The van der Waals surface area contributed by atoms with Gasteiger partial charge in [-0.05, 0) is 34.6 Å². The summed E-state index contributed by atoms with van der Waals surface area (Å²) < 4.78 is 5.61. The molecule has 0 saturated heterocycles. The Balaban J connectivity index is 1.46. The Hall–Kier alpha value is -3.22. The van der Waals surface area contributed by atoms with Crippen molar-refractivity contribution in [1.29, 1.82) is 0 Å². The summed E-state index contributed by atoms with van der Waals surface area (Å²) in [5.74, 6) is 0.853. The van der Waals surface area contributed by atoms with E-state index in [1.54, 1.807) is 0 Å². The van der Waals surface area contributed by atoms with Crippen molar-refractivity contribution in [2.75, 3.05) is 6.61 Å². The van der Waals surface area contributed by atoms with Gasteiger partial charge in [0.15, 0.2) is 5.82 Å². The van der Waals surface area contributed by atoms with Gasteiger partial charge in [0, 0.05) is 5.92 Å². The molecule has 1 aliphatic rings. The van der Waals surface area contributed by atoms with E-state index in [0.717, 1.165) is 0 Å². The van der Waals surface area contributed by atoms with Crippen molar-refractivity contribution >= 4 is 6.09 Å². The van der Waals surface area contributed by atoms with Gasteiger partial charge in [0.05, 0.1) is 6.04 Å². The lowest BCUT2D eigenvalue weighted by Crippen LogP contribution is -2.31. The fraction of sp³-hybridized carbons (Fsp3) is 0.333. The Bertz CT molecular complexity index is 909. The molecule has 1 unspecified atom stereocenters. The Morgan fingerprint density at radius 2 is 1.75 bits per heavy atom. The Morgan fingerprint density at radius 3 is 2.32 bits per heavy atom. The van der Waals surface area contributed by atoms with Crippen molar-refractivity contribution in [3.63, 3.8) is 0 Å². The second kappa shape index (κ2) is 7.80.